The van der Waals surface area contributed by atoms with Crippen LogP contribution in [0.25, 0.3) is 10.6 Å². The van der Waals surface area contributed by atoms with E-state index < -0.39 is 11.6 Å². The Hall–Kier alpha value is -2.73. The molecule has 0 radical (unpaired) electrons. The maximum absolute atomic E-state index is 12.3. The number of nitrogens with one attached hydrogen (secondary N) is 2. The largest absolute Gasteiger partial charge is 0.346 e. The molecule has 0 unspecified atom stereocenters. The van der Waals surface area contributed by atoms with Crippen LogP contribution in [-0.2, 0) is 0 Å². The van der Waals surface area contributed by atoms with Gasteiger partial charge >= 0.3 is 5.69 Å². The van der Waals surface area contributed by atoms with Gasteiger partial charge in [0.05, 0.1) is 10.6 Å². The predicted octanol–water partition coefficient (Wildman–Crippen LogP) is 3.06. The van der Waals surface area contributed by atoms with E-state index in [0.29, 0.717) is 11.4 Å². The third kappa shape index (κ3) is 3.12. The summed E-state index contributed by atoms with van der Waals surface area (Å²) in [6.45, 7) is 1.97. The molecule has 3 aromatic rings. The van der Waals surface area contributed by atoms with Crippen LogP contribution in [0.3, 0.4) is 0 Å². The van der Waals surface area contributed by atoms with Gasteiger partial charge in [-0.3, -0.25) is 4.79 Å². The molecule has 2 aromatic heterocycles. The highest BCUT2D eigenvalue weighted by atomic mass is 32.1. The quantitative estimate of drug-likeness (QED) is 0.780. The summed E-state index contributed by atoms with van der Waals surface area (Å²) < 4.78 is 0. The second-order valence-electron chi connectivity index (χ2n) is 4.78. The summed E-state index contributed by atoms with van der Waals surface area (Å²) >= 11 is 1.48. The van der Waals surface area contributed by atoms with E-state index in [9.17, 15) is 9.59 Å². The topological polar surface area (TPSA) is 74.8 Å². The molecule has 0 spiro atoms. The zero-order chi connectivity index (χ0) is 15.5. The zero-order valence-electron chi connectivity index (χ0n) is 11.8. The fraction of sp³-hybridized carbons (Fsp3) is 0.0625. The van der Waals surface area contributed by atoms with Gasteiger partial charge in [0.1, 0.15) is 5.69 Å². The molecule has 0 aliphatic rings. The first-order valence-corrected chi connectivity index (χ1v) is 7.53. The van der Waals surface area contributed by atoms with Crippen LogP contribution < -0.4 is 11.0 Å². The van der Waals surface area contributed by atoms with Gasteiger partial charge in [-0.05, 0) is 36.6 Å². The highest BCUT2D eigenvalue weighted by Crippen LogP contribution is 2.22. The Kier molecular flexibility index (Phi) is 3.84. The van der Waals surface area contributed by atoms with Gasteiger partial charge < -0.3 is 10.3 Å². The average molecular weight is 311 g/mol. The Morgan fingerprint density at radius 2 is 2.00 bits per heavy atom. The molecule has 0 bridgehead atoms. The summed E-state index contributed by atoms with van der Waals surface area (Å²) in [5, 5.41) is 4.64. The number of aromatic nitrogens is 2. The highest BCUT2D eigenvalue weighted by molar-refractivity contribution is 7.13. The van der Waals surface area contributed by atoms with Crippen molar-refractivity contribution in [1.29, 1.82) is 0 Å². The van der Waals surface area contributed by atoms with E-state index in [1.54, 1.807) is 18.2 Å². The van der Waals surface area contributed by atoms with Crippen molar-refractivity contribution < 1.29 is 4.79 Å². The Balaban J connectivity index is 1.89. The maximum Gasteiger partial charge on any atom is 0.346 e. The van der Waals surface area contributed by atoms with E-state index >= 15 is 0 Å². The number of carbonyl (C=O) groups excluding carboxylic acids is 1. The SMILES string of the molecule is Cc1ccc(NC(=O)c2cc(-c3cccs3)[nH]c(=O)n2)cc1. The Labute approximate surface area is 130 Å². The van der Waals surface area contributed by atoms with Crippen LogP contribution in [0.5, 0.6) is 0 Å². The molecular weight excluding hydrogens is 298 g/mol. The molecular formula is C16H13N3O2S. The highest BCUT2D eigenvalue weighted by Gasteiger charge is 2.11. The van der Waals surface area contributed by atoms with Gasteiger partial charge in [-0.15, -0.1) is 11.3 Å². The molecule has 5 nitrogen and oxygen atoms in total. The van der Waals surface area contributed by atoms with Gasteiger partial charge in [0.15, 0.2) is 0 Å². The minimum atomic E-state index is -0.542. The summed E-state index contributed by atoms with van der Waals surface area (Å²) in [4.78, 5) is 31.2. The van der Waals surface area contributed by atoms with Crippen molar-refractivity contribution in [2.24, 2.45) is 0 Å². The molecule has 6 heteroatoms. The molecule has 3 rings (SSSR count). The number of hydrogen-bond donors (Lipinski definition) is 2. The number of benzene rings is 1. The molecule has 0 atom stereocenters. The predicted molar refractivity (Wildman–Crippen MR) is 87.3 cm³/mol. The van der Waals surface area contributed by atoms with Crippen LogP contribution in [-0.4, -0.2) is 15.9 Å². The van der Waals surface area contributed by atoms with Crippen molar-refractivity contribution in [2.45, 2.75) is 6.92 Å². The molecule has 0 saturated heterocycles. The third-order valence-corrected chi connectivity index (χ3v) is 3.98. The number of hydrogen-bond acceptors (Lipinski definition) is 4. The maximum atomic E-state index is 12.3. The zero-order valence-corrected chi connectivity index (χ0v) is 12.6. The van der Waals surface area contributed by atoms with Crippen molar-refractivity contribution >= 4 is 22.9 Å². The first-order valence-electron chi connectivity index (χ1n) is 6.65. The number of aryl methyl sites for hydroxylation is 1. The van der Waals surface area contributed by atoms with Gasteiger partial charge in [0.25, 0.3) is 5.91 Å². The summed E-state index contributed by atoms with van der Waals surface area (Å²) in [6.07, 6.45) is 0. The van der Waals surface area contributed by atoms with Crippen molar-refractivity contribution in [3.8, 4) is 10.6 Å². The van der Waals surface area contributed by atoms with Gasteiger partial charge in [0.2, 0.25) is 0 Å². The Morgan fingerprint density at radius 1 is 1.23 bits per heavy atom. The van der Waals surface area contributed by atoms with Crippen molar-refractivity contribution in [2.75, 3.05) is 5.32 Å². The summed E-state index contributed by atoms with van der Waals surface area (Å²) in [7, 11) is 0. The average Bonchev–Trinajstić information content (AvgIpc) is 3.03. The number of carbonyl (C=O) groups is 1. The lowest BCUT2D eigenvalue weighted by Gasteiger charge is -2.06. The third-order valence-electron chi connectivity index (χ3n) is 3.07. The van der Waals surface area contributed by atoms with Crippen molar-refractivity contribution in [1.82, 2.24) is 9.97 Å². The van der Waals surface area contributed by atoms with E-state index in [1.165, 1.54) is 11.3 Å². The van der Waals surface area contributed by atoms with Crippen molar-refractivity contribution in [3.63, 3.8) is 0 Å². The Morgan fingerprint density at radius 3 is 2.68 bits per heavy atom. The number of thiophene rings is 1. The second kappa shape index (κ2) is 5.95. The number of amides is 1. The lowest BCUT2D eigenvalue weighted by molar-refractivity contribution is 0.102. The van der Waals surface area contributed by atoms with Gasteiger partial charge in [0, 0.05) is 5.69 Å². The molecule has 22 heavy (non-hydrogen) atoms. The fourth-order valence-electron chi connectivity index (χ4n) is 1.97. The number of aromatic amines is 1. The summed E-state index contributed by atoms with van der Waals surface area (Å²) in [5.41, 5.74) is 1.90. The van der Waals surface area contributed by atoms with Gasteiger partial charge in [-0.2, -0.15) is 4.98 Å². The van der Waals surface area contributed by atoms with E-state index in [1.807, 2.05) is 36.6 Å². The van der Waals surface area contributed by atoms with Gasteiger partial charge in [-0.1, -0.05) is 23.8 Å². The van der Waals surface area contributed by atoms with E-state index in [2.05, 4.69) is 15.3 Å². The van der Waals surface area contributed by atoms with Crippen LogP contribution >= 0.6 is 11.3 Å². The molecule has 1 amide bonds. The lowest BCUT2D eigenvalue weighted by atomic mass is 10.2. The molecule has 0 aliphatic heterocycles. The van der Waals surface area contributed by atoms with Crippen LogP contribution in [0.1, 0.15) is 16.1 Å². The normalized spacial score (nSPS) is 10.4. The van der Waals surface area contributed by atoms with Crippen LogP contribution in [0.2, 0.25) is 0 Å². The summed E-state index contributed by atoms with van der Waals surface area (Å²) in [6, 6.07) is 12.7. The fourth-order valence-corrected chi connectivity index (χ4v) is 2.67. The second-order valence-corrected chi connectivity index (χ2v) is 5.73. The number of nitrogens with zero attached hydrogens (tertiary/aromatic N) is 1. The molecule has 0 aliphatic carbocycles. The standard InChI is InChI=1S/C16H13N3O2S/c1-10-4-6-11(7-5-10)17-15(20)13-9-12(18-16(21)19-13)14-3-2-8-22-14/h2-9H,1H3,(H,17,20)(H,18,19,21). The first kappa shape index (κ1) is 14.2. The van der Waals surface area contributed by atoms with E-state index in [4.69, 9.17) is 0 Å². The number of H-pyrrole nitrogens is 1. The monoisotopic (exact) mass is 311 g/mol. The molecule has 2 heterocycles. The molecule has 0 saturated carbocycles. The van der Waals surface area contributed by atoms with E-state index in [-0.39, 0.29) is 5.69 Å². The number of anilines is 1. The molecule has 0 fully saturated rings. The minimum absolute atomic E-state index is 0.0905. The lowest BCUT2D eigenvalue weighted by Crippen LogP contribution is -2.20. The summed E-state index contributed by atoms with van der Waals surface area (Å²) in [5.74, 6) is -0.409. The smallest absolute Gasteiger partial charge is 0.321 e. The van der Waals surface area contributed by atoms with Crippen LogP contribution in [0.15, 0.2) is 52.6 Å². The number of rotatable bonds is 3. The molecule has 1 aromatic carbocycles. The Bertz CT molecular complexity index is 852. The van der Waals surface area contributed by atoms with Crippen LogP contribution in [0.4, 0.5) is 5.69 Å². The van der Waals surface area contributed by atoms with Crippen molar-refractivity contribution in [3.05, 3.63) is 69.6 Å². The van der Waals surface area contributed by atoms with Gasteiger partial charge in [-0.25, -0.2) is 4.79 Å². The molecule has 2 N–H and O–H groups in total. The molecule has 110 valence electrons. The minimum Gasteiger partial charge on any atom is -0.321 e. The van der Waals surface area contributed by atoms with Crippen LogP contribution in [0, 0.1) is 6.92 Å². The first-order chi connectivity index (χ1) is 10.6. The van der Waals surface area contributed by atoms with E-state index in [0.717, 1.165) is 10.4 Å².